The molecule has 0 saturated carbocycles. The maximum absolute atomic E-state index is 13.8. The molecule has 1 atom stereocenters. The highest BCUT2D eigenvalue weighted by molar-refractivity contribution is 7.55. The minimum atomic E-state index is -4.09. The SMILES string of the molecule is CCOP(=O)(OCC)C(F)C(=O)OC(C)(C)C. The van der Waals surface area contributed by atoms with Crippen molar-refractivity contribution in [3.63, 3.8) is 0 Å². The van der Waals surface area contributed by atoms with Crippen molar-refractivity contribution in [1.82, 2.24) is 0 Å². The number of halogens is 1. The van der Waals surface area contributed by atoms with E-state index < -0.39 is 25.1 Å². The van der Waals surface area contributed by atoms with E-state index in [2.05, 4.69) is 0 Å². The minimum Gasteiger partial charge on any atom is -0.457 e. The molecule has 0 bridgehead atoms. The molecule has 0 aromatic carbocycles. The fourth-order valence-corrected chi connectivity index (χ4v) is 2.37. The number of ether oxygens (including phenoxy) is 1. The zero-order valence-corrected chi connectivity index (χ0v) is 11.8. The molecule has 0 radical (unpaired) electrons. The van der Waals surface area contributed by atoms with Crippen LogP contribution in [0.15, 0.2) is 0 Å². The second-order valence-corrected chi connectivity index (χ2v) is 6.29. The Hall–Kier alpha value is -0.450. The van der Waals surface area contributed by atoms with Crippen molar-refractivity contribution < 1.29 is 27.5 Å². The van der Waals surface area contributed by atoms with E-state index in [0.29, 0.717) is 0 Å². The molecule has 0 aliphatic rings. The van der Waals surface area contributed by atoms with Crippen LogP contribution >= 0.6 is 7.60 Å². The van der Waals surface area contributed by atoms with Gasteiger partial charge in [0.15, 0.2) is 0 Å². The Labute approximate surface area is 101 Å². The molecule has 0 amide bonds. The minimum absolute atomic E-state index is 0.0134. The van der Waals surface area contributed by atoms with Gasteiger partial charge in [0.1, 0.15) is 5.60 Å². The van der Waals surface area contributed by atoms with Crippen LogP contribution in [0.3, 0.4) is 0 Å². The molecule has 0 rings (SSSR count). The lowest BCUT2D eigenvalue weighted by Crippen LogP contribution is -2.30. The van der Waals surface area contributed by atoms with Gasteiger partial charge in [-0.15, -0.1) is 0 Å². The van der Waals surface area contributed by atoms with Crippen LogP contribution in [-0.2, 0) is 23.1 Å². The van der Waals surface area contributed by atoms with E-state index in [0.717, 1.165) is 0 Å². The lowest BCUT2D eigenvalue weighted by atomic mass is 10.2. The van der Waals surface area contributed by atoms with Crippen LogP contribution in [0.4, 0.5) is 4.39 Å². The van der Waals surface area contributed by atoms with Crippen molar-refractivity contribution in [2.45, 2.75) is 46.1 Å². The summed E-state index contributed by atoms with van der Waals surface area (Å²) in [6, 6.07) is 0. The van der Waals surface area contributed by atoms with Gasteiger partial charge in [0, 0.05) is 0 Å². The first-order chi connectivity index (χ1) is 7.66. The summed E-state index contributed by atoms with van der Waals surface area (Å²) < 4.78 is 39.9. The smallest absolute Gasteiger partial charge is 0.376 e. The van der Waals surface area contributed by atoms with Gasteiger partial charge >= 0.3 is 13.6 Å². The molecule has 102 valence electrons. The molecule has 7 heteroatoms. The molecule has 0 fully saturated rings. The number of carbonyl (C=O) groups is 1. The van der Waals surface area contributed by atoms with E-state index in [1.54, 1.807) is 20.8 Å². The predicted octanol–water partition coefficient (Wildman–Crippen LogP) is 2.89. The summed E-state index contributed by atoms with van der Waals surface area (Å²) in [5.74, 6) is -3.65. The Balaban J connectivity index is 4.78. The molecule has 0 aromatic heterocycles. The average molecular weight is 270 g/mol. The number of hydrogen-bond acceptors (Lipinski definition) is 5. The molecule has 0 aliphatic carbocycles. The van der Waals surface area contributed by atoms with Crippen LogP contribution in [-0.4, -0.2) is 30.7 Å². The van der Waals surface area contributed by atoms with Gasteiger partial charge in [-0.1, -0.05) is 0 Å². The van der Waals surface area contributed by atoms with Gasteiger partial charge < -0.3 is 13.8 Å². The van der Waals surface area contributed by atoms with E-state index in [4.69, 9.17) is 13.8 Å². The topological polar surface area (TPSA) is 61.8 Å². The zero-order chi connectivity index (χ0) is 13.7. The number of alkyl halides is 1. The van der Waals surface area contributed by atoms with Gasteiger partial charge in [-0.05, 0) is 34.6 Å². The third-order valence-electron chi connectivity index (χ3n) is 1.50. The largest absolute Gasteiger partial charge is 0.457 e. The quantitative estimate of drug-likeness (QED) is 0.548. The molecule has 0 spiro atoms. The summed E-state index contributed by atoms with van der Waals surface area (Å²) in [5, 5.41) is 0. The Morgan fingerprint density at radius 3 is 1.94 bits per heavy atom. The summed E-state index contributed by atoms with van der Waals surface area (Å²) in [7, 11) is -4.09. The maximum Gasteiger partial charge on any atom is 0.376 e. The van der Waals surface area contributed by atoms with Crippen LogP contribution in [0.2, 0.25) is 0 Å². The highest BCUT2D eigenvalue weighted by atomic mass is 31.2. The number of esters is 1. The molecule has 5 nitrogen and oxygen atoms in total. The van der Waals surface area contributed by atoms with Crippen molar-refractivity contribution >= 4 is 13.6 Å². The van der Waals surface area contributed by atoms with Gasteiger partial charge in [0.2, 0.25) is 0 Å². The lowest BCUT2D eigenvalue weighted by Gasteiger charge is -2.24. The van der Waals surface area contributed by atoms with E-state index >= 15 is 0 Å². The highest BCUT2D eigenvalue weighted by Crippen LogP contribution is 2.54. The van der Waals surface area contributed by atoms with E-state index in [1.165, 1.54) is 13.8 Å². The van der Waals surface area contributed by atoms with Crippen molar-refractivity contribution in [1.29, 1.82) is 0 Å². The van der Waals surface area contributed by atoms with Crippen LogP contribution in [0.25, 0.3) is 0 Å². The first-order valence-corrected chi connectivity index (χ1v) is 7.03. The third-order valence-corrected chi connectivity index (χ3v) is 3.50. The van der Waals surface area contributed by atoms with Gasteiger partial charge in [-0.2, -0.15) is 0 Å². The Kier molecular flexibility index (Phi) is 6.30. The summed E-state index contributed by atoms with van der Waals surface area (Å²) in [6.07, 6.45) is 0. The molecule has 0 N–H and O–H groups in total. The second-order valence-electron chi connectivity index (χ2n) is 4.24. The Morgan fingerprint density at radius 2 is 1.65 bits per heavy atom. The predicted molar refractivity (Wildman–Crippen MR) is 61.6 cm³/mol. The normalized spacial score (nSPS) is 14.5. The maximum atomic E-state index is 13.8. The van der Waals surface area contributed by atoms with Gasteiger partial charge in [0.05, 0.1) is 13.2 Å². The second kappa shape index (κ2) is 6.47. The van der Waals surface area contributed by atoms with Crippen LogP contribution in [0.1, 0.15) is 34.6 Å². The molecule has 17 heavy (non-hydrogen) atoms. The number of carbonyl (C=O) groups excluding carboxylic acids is 1. The summed E-state index contributed by atoms with van der Waals surface area (Å²) in [5.41, 5.74) is -0.856. The van der Waals surface area contributed by atoms with Crippen LogP contribution < -0.4 is 0 Å². The third kappa shape index (κ3) is 5.61. The van der Waals surface area contributed by atoms with Gasteiger partial charge in [-0.3, -0.25) is 4.57 Å². The fraction of sp³-hybridized carbons (Fsp3) is 0.900. The van der Waals surface area contributed by atoms with Gasteiger partial charge in [-0.25, -0.2) is 9.18 Å². The van der Waals surface area contributed by atoms with Crippen LogP contribution in [0, 0.1) is 0 Å². The number of hydrogen-bond donors (Lipinski definition) is 0. The van der Waals surface area contributed by atoms with E-state index in [-0.39, 0.29) is 13.2 Å². The Bertz CT molecular complexity index is 290. The zero-order valence-electron chi connectivity index (χ0n) is 10.9. The monoisotopic (exact) mass is 270 g/mol. The first kappa shape index (κ1) is 16.6. The van der Waals surface area contributed by atoms with Crippen molar-refractivity contribution in [2.24, 2.45) is 0 Å². The molecule has 0 saturated heterocycles. The van der Waals surface area contributed by atoms with E-state index in [9.17, 15) is 13.8 Å². The number of rotatable bonds is 6. The average Bonchev–Trinajstić information content (AvgIpc) is 2.14. The van der Waals surface area contributed by atoms with Gasteiger partial charge in [0.25, 0.3) is 5.91 Å². The van der Waals surface area contributed by atoms with Crippen LogP contribution in [0.5, 0.6) is 0 Å². The van der Waals surface area contributed by atoms with Crippen molar-refractivity contribution in [3.05, 3.63) is 0 Å². The standard InChI is InChI=1S/C10H20FO5P/c1-6-14-17(13,15-7-2)8(11)9(12)16-10(3,4)5/h8H,6-7H2,1-5H3. The molecule has 0 aliphatic heterocycles. The molecule has 1 unspecified atom stereocenters. The summed E-state index contributed by atoms with van der Waals surface area (Å²) in [6.45, 7) is 7.81. The Morgan fingerprint density at radius 1 is 1.24 bits per heavy atom. The van der Waals surface area contributed by atoms with Crippen molar-refractivity contribution in [2.75, 3.05) is 13.2 Å². The molecule has 0 aromatic rings. The molecular weight excluding hydrogens is 250 g/mol. The highest BCUT2D eigenvalue weighted by Gasteiger charge is 2.44. The fourth-order valence-electron chi connectivity index (χ4n) is 1.01. The molecule has 0 heterocycles. The summed E-state index contributed by atoms with van der Waals surface area (Å²) in [4.78, 5) is 11.4. The van der Waals surface area contributed by atoms with Crippen molar-refractivity contribution in [3.8, 4) is 0 Å². The van der Waals surface area contributed by atoms with E-state index in [1.807, 2.05) is 0 Å². The lowest BCUT2D eigenvalue weighted by molar-refractivity contribution is -0.158. The molecular formula is C10H20FO5P. The first-order valence-electron chi connectivity index (χ1n) is 5.42. The summed E-state index contributed by atoms with van der Waals surface area (Å²) >= 11 is 0.